The number of aliphatic hydroxyl groups excluding tert-OH is 1. The summed E-state index contributed by atoms with van der Waals surface area (Å²) in [5, 5.41) is 18.4. The van der Waals surface area contributed by atoms with Crippen LogP contribution in [-0.2, 0) is 4.79 Å². The minimum Gasteiger partial charge on any atom is -0.486 e. The third kappa shape index (κ3) is 2.10. The molecule has 2 rings (SSSR count). The highest BCUT2D eigenvalue weighted by atomic mass is 79.9. The Kier molecular flexibility index (Phi) is 3.26. The first-order valence-electron chi connectivity index (χ1n) is 5.02. The highest BCUT2D eigenvalue weighted by Gasteiger charge is 2.25. The van der Waals surface area contributed by atoms with Gasteiger partial charge in [-0.15, -0.1) is 0 Å². The molecule has 0 spiro atoms. The Hall–Kier alpha value is -1.27. The number of hydrogen-bond acceptors (Lipinski definition) is 4. The molecule has 0 saturated carbocycles. The fourth-order valence-corrected chi connectivity index (χ4v) is 2.21. The third-order valence-electron chi connectivity index (χ3n) is 2.59. The molecule has 2 N–H and O–H groups in total. The van der Waals surface area contributed by atoms with E-state index in [-0.39, 0.29) is 0 Å². The van der Waals surface area contributed by atoms with Gasteiger partial charge in [0.1, 0.15) is 13.2 Å². The second kappa shape index (κ2) is 4.54. The van der Waals surface area contributed by atoms with Gasteiger partial charge in [-0.2, -0.15) is 0 Å². The first-order valence-corrected chi connectivity index (χ1v) is 5.81. The molecule has 5 nitrogen and oxygen atoms in total. The zero-order chi connectivity index (χ0) is 12.6. The normalized spacial score (nSPS) is 15.5. The number of carbonyl (C=O) groups is 1. The topological polar surface area (TPSA) is 76.0 Å². The quantitative estimate of drug-likeness (QED) is 0.869. The molecule has 1 atom stereocenters. The summed E-state index contributed by atoms with van der Waals surface area (Å²) in [7, 11) is 0. The van der Waals surface area contributed by atoms with Gasteiger partial charge in [0, 0.05) is 0 Å². The fraction of sp³-hybridized carbons (Fsp3) is 0.364. The van der Waals surface area contributed by atoms with Crippen molar-refractivity contribution in [3.05, 3.63) is 21.7 Å². The van der Waals surface area contributed by atoms with Crippen LogP contribution in [0.15, 0.2) is 10.5 Å². The number of carboxylic acids is 1. The highest BCUT2D eigenvalue weighted by molar-refractivity contribution is 9.10. The van der Waals surface area contributed by atoms with Gasteiger partial charge >= 0.3 is 5.97 Å². The van der Waals surface area contributed by atoms with Crippen LogP contribution in [0.2, 0.25) is 0 Å². The molecule has 0 amide bonds. The van der Waals surface area contributed by atoms with Crippen molar-refractivity contribution in [1.29, 1.82) is 0 Å². The lowest BCUT2D eigenvalue weighted by atomic mass is 10.0. The van der Waals surface area contributed by atoms with E-state index in [0.29, 0.717) is 40.3 Å². The number of benzene rings is 1. The SMILES string of the molecule is Cc1c(C(O)C(=O)O)cc2c(c1Br)OCCO2. The maximum atomic E-state index is 10.8. The van der Waals surface area contributed by atoms with Crippen molar-refractivity contribution in [3.63, 3.8) is 0 Å². The Morgan fingerprint density at radius 2 is 2.12 bits per heavy atom. The smallest absolute Gasteiger partial charge is 0.337 e. The summed E-state index contributed by atoms with van der Waals surface area (Å²) < 4.78 is 11.4. The molecule has 1 heterocycles. The molecule has 1 aromatic rings. The van der Waals surface area contributed by atoms with Crippen LogP contribution in [0.1, 0.15) is 17.2 Å². The van der Waals surface area contributed by atoms with Crippen molar-refractivity contribution in [2.24, 2.45) is 0 Å². The minimum absolute atomic E-state index is 0.300. The Labute approximate surface area is 106 Å². The molecule has 0 bridgehead atoms. The van der Waals surface area contributed by atoms with E-state index in [1.165, 1.54) is 6.07 Å². The molecular formula is C11H11BrO5. The standard InChI is InChI=1S/C11H11BrO5/c1-5-6(9(13)11(14)15)4-7-10(8(5)12)17-3-2-16-7/h4,9,13H,2-3H2,1H3,(H,14,15). The van der Waals surface area contributed by atoms with Gasteiger partial charge in [0.15, 0.2) is 17.6 Å². The van der Waals surface area contributed by atoms with Crippen molar-refractivity contribution in [2.75, 3.05) is 13.2 Å². The zero-order valence-electron chi connectivity index (χ0n) is 9.07. The first kappa shape index (κ1) is 12.2. The number of fused-ring (bicyclic) bond motifs is 1. The number of aliphatic hydroxyl groups is 1. The second-order valence-corrected chi connectivity index (χ2v) is 4.46. The minimum atomic E-state index is -1.57. The lowest BCUT2D eigenvalue weighted by molar-refractivity contribution is -0.147. The molecule has 17 heavy (non-hydrogen) atoms. The van der Waals surface area contributed by atoms with Crippen LogP contribution in [0.25, 0.3) is 0 Å². The largest absolute Gasteiger partial charge is 0.486 e. The Morgan fingerprint density at radius 3 is 2.76 bits per heavy atom. The summed E-state index contributed by atoms with van der Waals surface area (Å²) in [6, 6.07) is 1.51. The lowest BCUT2D eigenvalue weighted by Crippen LogP contribution is -2.18. The maximum absolute atomic E-state index is 10.8. The molecule has 1 aliphatic heterocycles. The Morgan fingerprint density at radius 1 is 1.47 bits per heavy atom. The Bertz CT molecular complexity index is 471. The van der Waals surface area contributed by atoms with Gasteiger partial charge < -0.3 is 19.7 Å². The van der Waals surface area contributed by atoms with Crippen molar-refractivity contribution in [3.8, 4) is 11.5 Å². The molecule has 0 fully saturated rings. The number of halogens is 1. The van der Waals surface area contributed by atoms with Crippen LogP contribution in [0.3, 0.4) is 0 Å². The van der Waals surface area contributed by atoms with Crippen molar-refractivity contribution in [2.45, 2.75) is 13.0 Å². The highest BCUT2D eigenvalue weighted by Crippen LogP contribution is 2.42. The first-order chi connectivity index (χ1) is 8.02. The lowest BCUT2D eigenvalue weighted by Gasteiger charge is -2.23. The van der Waals surface area contributed by atoms with Gasteiger partial charge in [-0.05, 0) is 40.0 Å². The molecule has 1 unspecified atom stereocenters. The van der Waals surface area contributed by atoms with Gasteiger partial charge in [-0.1, -0.05) is 0 Å². The Balaban J connectivity index is 2.55. The molecule has 92 valence electrons. The van der Waals surface area contributed by atoms with E-state index in [0.717, 1.165) is 0 Å². The van der Waals surface area contributed by atoms with Crippen LogP contribution in [0.4, 0.5) is 0 Å². The van der Waals surface area contributed by atoms with E-state index in [4.69, 9.17) is 14.6 Å². The van der Waals surface area contributed by atoms with Crippen LogP contribution in [0, 0.1) is 6.92 Å². The predicted molar refractivity (Wildman–Crippen MR) is 62.5 cm³/mol. The molecule has 0 aliphatic carbocycles. The second-order valence-electron chi connectivity index (χ2n) is 3.67. The van der Waals surface area contributed by atoms with Gasteiger partial charge in [0.05, 0.1) is 4.47 Å². The van der Waals surface area contributed by atoms with E-state index in [2.05, 4.69) is 15.9 Å². The van der Waals surface area contributed by atoms with Crippen LogP contribution < -0.4 is 9.47 Å². The van der Waals surface area contributed by atoms with Crippen LogP contribution in [0.5, 0.6) is 11.5 Å². The summed E-state index contributed by atoms with van der Waals surface area (Å²) >= 11 is 3.33. The summed E-state index contributed by atoms with van der Waals surface area (Å²) in [4.78, 5) is 10.8. The number of hydrogen-bond donors (Lipinski definition) is 2. The molecule has 0 aromatic heterocycles. The van der Waals surface area contributed by atoms with Crippen molar-refractivity contribution < 1.29 is 24.5 Å². The number of carboxylic acid groups (broad SMARTS) is 1. The molecule has 0 saturated heterocycles. The van der Waals surface area contributed by atoms with Crippen molar-refractivity contribution in [1.82, 2.24) is 0 Å². The van der Waals surface area contributed by atoms with Crippen molar-refractivity contribution >= 4 is 21.9 Å². The summed E-state index contributed by atoms with van der Waals surface area (Å²) in [6.07, 6.45) is -1.57. The number of ether oxygens (including phenoxy) is 2. The summed E-state index contributed by atoms with van der Waals surface area (Å²) in [5.41, 5.74) is 0.928. The van der Waals surface area contributed by atoms with E-state index in [9.17, 15) is 9.90 Å². The average Bonchev–Trinajstić information content (AvgIpc) is 2.33. The van der Waals surface area contributed by atoms with E-state index in [1.54, 1.807) is 6.92 Å². The maximum Gasteiger partial charge on any atom is 0.337 e. The predicted octanol–water partition coefficient (Wildman–Crippen LogP) is 1.65. The average molecular weight is 303 g/mol. The summed E-state index contributed by atoms with van der Waals surface area (Å²) in [6.45, 7) is 2.57. The fourth-order valence-electron chi connectivity index (χ4n) is 1.67. The van der Waals surface area contributed by atoms with E-state index in [1.807, 2.05) is 0 Å². The van der Waals surface area contributed by atoms with Crippen LogP contribution in [-0.4, -0.2) is 29.4 Å². The molecule has 1 aromatic carbocycles. The number of aliphatic carboxylic acids is 1. The molecule has 6 heteroatoms. The monoisotopic (exact) mass is 302 g/mol. The molecule has 0 radical (unpaired) electrons. The van der Waals surface area contributed by atoms with Gasteiger partial charge in [-0.3, -0.25) is 0 Å². The van der Waals surface area contributed by atoms with E-state index >= 15 is 0 Å². The van der Waals surface area contributed by atoms with E-state index < -0.39 is 12.1 Å². The molecule has 1 aliphatic rings. The van der Waals surface area contributed by atoms with Gasteiger partial charge in [0.2, 0.25) is 0 Å². The summed E-state index contributed by atoms with van der Waals surface area (Å²) in [5.74, 6) is -0.296. The number of rotatable bonds is 2. The third-order valence-corrected chi connectivity index (χ3v) is 3.54. The van der Waals surface area contributed by atoms with Crippen LogP contribution >= 0.6 is 15.9 Å². The molecular weight excluding hydrogens is 292 g/mol. The van der Waals surface area contributed by atoms with Gasteiger partial charge in [0.25, 0.3) is 0 Å². The van der Waals surface area contributed by atoms with Gasteiger partial charge in [-0.25, -0.2) is 4.79 Å². The zero-order valence-corrected chi connectivity index (χ0v) is 10.7.